The maximum Gasteiger partial charge on any atom is 0.323 e. The lowest BCUT2D eigenvalue weighted by atomic mass is 9.76. The van der Waals surface area contributed by atoms with Gasteiger partial charge in [-0.25, -0.2) is 0 Å². The van der Waals surface area contributed by atoms with Gasteiger partial charge in [0.25, 0.3) is 0 Å². The van der Waals surface area contributed by atoms with Crippen LogP contribution in [0.4, 0.5) is 0 Å². The van der Waals surface area contributed by atoms with Gasteiger partial charge in [-0.3, -0.25) is 9.59 Å². The van der Waals surface area contributed by atoms with Crippen molar-refractivity contribution in [1.82, 2.24) is 0 Å². The molecule has 0 heterocycles. The monoisotopic (exact) mass is 368 g/mol. The van der Waals surface area contributed by atoms with Gasteiger partial charge >= 0.3 is 11.9 Å². The van der Waals surface area contributed by atoms with Crippen LogP contribution in [0.2, 0.25) is 0 Å². The highest BCUT2D eigenvalue weighted by atomic mass is 16.6. The molecule has 0 saturated heterocycles. The Morgan fingerprint density at radius 1 is 1.00 bits per heavy atom. The maximum absolute atomic E-state index is 12.9. The van der Waals surface area contributed by atoms with Crippen molar-refractivity contribution >= 4 is 11.9 Å². The number of hydrogen-bond acceptors (Lipinski definition) is 4. The maximum atomic E-state index is 12.9. The molecule has 0 spiro atoms. The summed E-state index contributed by atoms with van der Waals surface area (Å²) in [5, 5.41) is 0. The molecule has 2 fully saturated rings. The predicted octanol–water partition coefficient (Wildman–Crippen LogP) is 4.26. The molecule has 0 aliphatic heterocycles. The molecule has 0 amide bonds. The Morgan fingerprint density at radius 3 is 2.30 bits per heavy atom. The zero-order valence-corrected chi connectivity index (χ0v) is 16.1. The van der Waals surface area contributed by atoms with Crippen molar-refractivity contribution in [3.8, 4) is 0 Å². The molecule has 3 aliphatic rings. The molecule has 0 radical (unpaired) electrons. The van der Waals surface area contributed by atoms with Crippen LogP contribution >= 0.6 is 0 Å². The second kappa shape index (κ2) is 7.14. The predicted molar refractivity (Wildman–Crippen MR) is 102 cm³/mol. The summed E-state index contributed by atoms with van der Waals surface area (Å²) in [7, 11) is 0. The molecule has 144 valence electrons. The van der Waals surface area contributed by atoms with E-state index in [4.69, 9.17) is 9.47 Å². The smallest absolute Gasteiger partial charge is 0.323 e. The molecular formula is C23H28O4. The summed E-state index contributed by atoms with van der Waals surface area (Å²) >= 11 is 0. The van der Waals surface area contributed by atoms with Gasteiger partial charge in [-0.1, -0.05) is 42.0 Å². The molecule has 4 atom stereocenters. The van der Waals surface area contributed by atoms with Gasteiger partial charge in [0.2, 0.25) is 0 Å². The third-order valence-corrected chi connectivity index (χ3v) is 6.79. The van der Waals surface area contributed by atoms with E-state index < -0.39 is 17.4 Å². The fourth-order valence-corrected chi connectivity index (χ4v) is 5.87. The number of esters is 2. The van der Waals surface area contributed by atoms with Crippen LogP contribution in [0.15, 0.2) is 42.0 Å². The van der Waals surface area contributed by atoms with Crippen LogP contribution in [0.5, 0.6) is 0 Å². The van der Waals surface area contributed by atoms with Crippen LogP contribution in [0.25, 0.3) is 0 Å². The number of hydrogen-bond donors (Lipinski definition) is 0. The van der Waals surface area contributed by atoms with Crippen LogP contribution in [-0.4, -0.2) is 25.2 Å². The largest absolute Gasteiger partial charge is 0.465 e. The first-order valence-corrected chi connectivity index (χ1v) is 10.2. The van der Waals surface area contributed by atoms with E-state index in [9.17, 15) is 9.59 Å². The number of ether oxygens (including phenoxy) is 2. The van der Waals surface area contributed by atoms with Crippen molar-refractivity contribution in [3.63, 3.8) is 0 Å². The fourth-order valence-electron chi connectivity index (χ4n) is 5.87. The minimum atomic E-state index is -1.15. The quantitative estimate of drug-likeness (QED) is 0.443. The van der Waals surface area contributed by atoms with Crippen molar-refractivity contribution < 1.29 is 19.1 Å². The minimum absolute atomic E-state index is 0.275. The molecule has 4 rings (SSSR count). The average molecular weight is 368 g/mol. The van der Waals surface area contributed by atoms with Gasteiger partial charge in [0.05, 0.1) is 13.2 Å². The lowest BCUT2D eigenvalue weighted by Crippen LogP contribution is -2.41. The first-order valence-electron chi connectivity index (χ1n) is 10.2. The van der Waals surface area contributed by atoms with Crippen LogP contribution in [-0.2, 0) is 19.1 Å². The van der Waals surface area contributed by atoms with E-state index in [2.05, 4.69) is 30.3 Å². The van der Waals surface area contributed by atoms with Gasteiger partial charge in [0.15, 0.2) is 5.41 Å². The number of allylic oxidation sites excluding steroid dienone is 2. The molecule has 0 bridgehead atoms. The van der Waals surface area contributed by atoms with E-state index >= 15 is 0 Å². The van der Waals surface area contributed by atoms with Gasteiger partial charge < -0.3 is 9.47 Å². The third-order valence-electron chi connectivity index (χ3n) is 6.79. The van der Waals surface area contributed by atoms with E-state index in [1.807, 2.05) is 6.07 Å². The van der Waals surface area contributed by atoms with Gasteiger partial charge in [-0.05, 0) is 68.8 Å². The van der Waals surface area contributed by atoms with Crippen LogP contribution in [0.1, 0.15) is 51.0 Å². The molecular weight excluding hydrogens is 340 g/mol. The van der Waals surface area contributed by atoms with E-state index in [-0.39, 0.29) is 25.0 Å². The number of benzene rings is 1. The van der Waals surface area contributed by atoms with Gasteiger partial charge in [-0.15, -0.1) is 0 Å². The second-order valence-electron chi connectivity index (χ2n) is 8.03. The Balaban J connectivity index is 1.72. The Bertz CT molecular complexity index is 733. The SMILES string of the molecule is CCOC(=O)C1(C(=O)OCC)C[C@H]2[C@H](c3ccccc3)[C@@H]3CCC=C3[C@H]2C1. The average Bonchev–Trinajstić information content (AvgIpc) is 3.34. The summed E-state index contributed by atoms with van der Waals surface area (Å²) in [6.07, 6.45) is 5.69. The summed E-state index contributed by atoms with van der Waals surface area (Å²) in [5.41, 5.74) is 1.64. The summed E-state index contributed by atoms with van der Waals surface area (Å²) < 4.78 is 10.7. The van der Waals surface area contributed by atoms with Crippen molar-refractivity contribution in [3.05, 3.63) is 47.5 Å². The Hall–Kier alpha value is -2.10. The second-order valence-corrected chi connectivity index (χ2v) is 8.03. The zero-order valence-electron chi connectivity index (χ0n) is 16.1. The first kappa shape index (κ1) is 18.3. The molecule has 4 heteroatoms. The summed E-state index contributed by atoms with van der Waals surface area (Å²) in [6, 6.07) is 10.6. The van der Waals surface area contributed by atoms with Crippen LogP contribution in [0.3, 0.4) is 0 Å². The topological polar surface area (TPSA) is 52.6 Å². The van der Waals surface area contributed by atoms with Gasteiger partial charge in [-0.2, -0.15) is 0 Å². The Kier molecular flexibility index (Phi) is 4.83. The highest BCUT2D eigenvalue weighted by molar-refractivity contribution is 6.00. The molecule has 1 aromatic rings. The minimum Gasteiger partial charge on any atom is -0.465 e. The number of carbonyl (C=O) groups is 2. The lowest BCUT2D eigenvalue weighted by Gasteiger charge is -2.29. The van der Waals surface area contributed by atoms with Gasteiger partial charge in [0, 0.05) is 0 Å². The van der Waals surface area contributed by atoms with Crippen LogP contribution in [0, 0.1) is 23.2 Å². The van der Waals surface area contributed by atoms with Crippen molar-refractivity contribution in [2.45, 2.75) is 45.4 Å². The van der Waals surface area contributed by atoms with Crippen molar-refractivity contribution in [2.75, 3.05) is 13.2 Å². The van der Waals surface area contributed by atoms with E-state index in [1.54, 1.807) is 13.8 Å². The standard InChI is InChI=1S/C23H28O4/c1-3-26-21(24)23(22(25)27-4-2)13-18-16-11-8-12-17(16)20(19(18)14-23)15-9-6-5-7-10-15/h5-7,9-11,17-20H,3-4,8,12-14H2,1-2H3/t17-,18-,19-,20-/m1/s1. The molecule has 0 unspecified atom stereocenters. The van der Waals surface area contributed by atoms with E-state index in [1.165, 1.54) is 17.6 Å². The Morgan fingerprint density at radius 2 is 1.67 bits per heavy atom. The molecule has 27 heavy (non-hydrogen) atoms. The Labute approximate surface area is 160 Å². The molecule has 0 aromatic heterocycles. The highest BCUT2D eigenvalue weighted by Gasteiger charge is 2.63. The van der Waals surface area contributed by atoms with E-state index in [0.717, 1.165) is 6.42 Å². The third kappa shape index (κ3) is 2.81. The molecule has 1 aromatic carbocycles. The summed E-state index contributed by atoms with van der Waals surface area (Å²) in [6.45, 7) is 4.13. The zero-order chi connectivity index (χ0) is 19.0. The molecule has 2 saturated carbocycles. The normalized spacial score (nSPS) is 30.4. The fraction of sp³-hybridized carbons (Fsp3) is 0.565. The summed E-state index contributed by atoms with van der Waals surface area (Å²) in [5.74, 6) is 0.675. The number of fused-ring (bicyclic) bond motifs is 3. The molecule has 3 aliphatic carbocycles. The van der Waals surface area contributed by atoms with E-state index in [0.29, 0.717) is 24.7 Å². The van der Waals surface area contributed by atoms with Crippen LogP contribution < -0.4 is 0 Å². The molecule has 0 N–H and O–H groups in total. The van der Waals surface area contributed by atoms with Crippen molar-refractivity contribution in [2.24, 2.45) is 23.2 Å². The van der Waals surface area contributed by atoms with Crippen molar-refractivity contribution in [1.29, 1.82) is 0 Å². The highest BCUT2D eigenvalue weighted by Crippen LogP contribution is 2.65. The molecule has 4 nitrogen and oxygen atoms in total. The lowest BCUT2D eigenvalue weighted by molar-refractivity contribution is -0.172. The number of rotatable bonds is 5. The van der Waals surface area contributed by atoms with Gasteiger partial charge in [0.1, 0.15) is 0 Å². The summed E-state index contributed by atoms with van der Waals surface area (Å²) in [4.78, 5) is 25.8. The number of carbonyl (C=O) groups excluding carboxylic acids is 2. The first-order chi connectivity index (χ1) is 13.1.